The first-order chi connectivity index (χ1) is 10.7. The van der Waals surface area contributed by atoms with E-state index in [4.69, 9.17) is 9.47 Å². The van der Waals surface area contributed by atoms with Crippen LogP contribution < -0.4 is 9.47 Å². The van der Waals surface area contributed by atoms with Gasteiger partial charge in [-0.15, -0.1) is 0 Å². The zero-order chi connectivity index (χ0) is 15.5. The van der Waals surface area contributed by atoms with Crippen molar-refractivity contribution >= 4 is 5.78 Å². The van der Waals surface area contributed by atoms with Gasteiger partial charge in [0.25, 0.3) is 0 Å². The molecule has 1 aliphatic heterocycles. The maximum atomic E-state index is 11.3. The van der Waals surface area contributed by atoms with Gasteiger partial charge >= 0.3 is 0 Å². The fourth-order valence-corrected chi connectivity index (χ4v) is 2.80. The van der Waals surface area contributed by atoms with Crippen LogP contribution in [-0.4, -0.2) is 24.5 Å². The van der Waals surface area contributed by atoms with Crippen LogP contribution in [0.15, 0.2) is 36.5 Å². The van der Waals surface area contributed by atoms with Gasteiger partial charge in [-0.05, 0) is 43.5 Å². The van der Waals surface area contributed by atoms with E-state index in [2.05, 4.69) is 11.1 Å². The first-order valence-corrected chi connectivity index (χ1v) is 7.42. The number of aromatic nitrogens is 1. The second kappa shape index (κ2) is 6.18. The fraction of sp³-hybridized carbons (Fsp3) is 0.333. The van der Waals surface area contributed by atoms with Crippen LogP contribution in [0, 0.1) is 5.92 Å². The fourth-order valence-electron chi connectivity index (χ4n) is 2.80. The highest BCUT2D eigenvalue weighted by atomic mass is 16.5. The first kappa shape index (κ1) is 14.6. The molecule has 4 heteroatoms. The number of nitrogens with zero attached hydrogens (tertiary/aromatic N) is 1. The molecule has 1 aromatic heterocycles. The summed E-state index contributed by atoms with van der Waals surface area (Å²) in [4.78, 5) is 15.7. The Hall–Kier alpha value is -2.36. The molecule has 0 spiro atoms. The quantitative estimate of drug-likeness (QED) is 0.814. The molecule has 2 heterocycles. The average molecular weight is 297 g/mol. The molecule has 1 aliphatic rings. The largest absolute Gasteiger partial charge is 0.493 e. The molecule has 0 amide bonds. The Morgan fingerprint density at radius 2 is 2.23 bits per heavy atom. The number of methoxy groups -OCH3 is 1. The van der Waals surface area contributed by atoms with Gasteiger partial charge in [0.15, 0.2) is 17.3 Å². The molecule has 0 fully saturated rings. The van der Waals surface area contributed by atoms with Crippen LogP contribution >= 0.6 is 0 Å². The summed E-state index contributed by atoms with van der Waals surface area (Å²) < 4.78 is 11.2. The average Bonchev–Trinajstić information content (AvgIpc) is 2.54. The molecular formula is C18H19NO3. The summed E-state index contributed by atoms with van der Waals surface area (Å²) in [5, 5.41) is 0. The molecule has 22 heavy (non-hydrogen) atoms. The number of carbonyl (C=O) groups is 1. The molecule has 114 valence electrons. The third-order valence-corrected chi connectivity index (χ3v) is 3.98. The monoisotopic (exact) mass is 297 g/mol. The summed E-state index contributed by atoms with van der Waals surface area (Å²) in [7, 11) is 1.66. The van der Waals surface area contributed by atoms with Crippen molar-refractivity contribution in [1.29, 1.82) is 0 Å². The molecule has 0 bridgehead atoms. The van der Waals surface area contributed by atoms with Crippen molar-refractivity contribution in [2.24, 2.45) is 5.92 Å². The number of benzene rings is 1. The minimum atomic E-state index is 0.0427. The van der Waals surface area contributed by atoms with E-state index in [1.807, 2.05) is 24.3 Å². The smallest absolute Gasteiger partial charge is 0.164 e. The number of para-hydroxylation sites is 1. The number of fused-ring (bicyclic) bond motifs is 1. The number of Topliss-reactive ketones (excluding diaryl/α,β-unsaturated/α-hetero) is 1. The van der Waals surface area contributed by atoms with Gasteiger partial charge in [0, 0.05) is 23.4 Å². The normalized spacial score (nSPS) is 16.5. The number of ether oxygens (including phenoxy) is 2. The van der Waals surface area contributed by atoms with Crippen LogP contribution in [0.25, 0.3) is 0 Å². The molecule has 2 aromatic rings. The molecule has 1 aromatic carbocycles. The van der Waals surface area contributed by atoms with Crippen LogP contribution in [0.4, 0.5) is 0 Å². The van der Waals surface area contributed by atoms with Crippen LogP contribution in [0.1, 0.15) is 28.5 Å². The maximum Gasteiger partial charge on any atom is 0.164 e. The Kier molecular flexibility index (Phi) is 4.09. The summed E-state index contributed by atoms with van der Waals surface area (Å²) in [6, 6.07) is 9.75. The second-order valence-corrected chi connectivity index (χ2v) is 5.63. The van der Waals surface area contributed by atoms with Crippen molar-refractivity contribution in [3.05, 3.63) is 53.3 Å². The van der Waals surface area contributed by atoms with Gasteiger partial charge in [-0.2, -0.15) is 0 Å². The number of ketones is 1. The van der Waals surface area contributed by atoms with Crippen molar-refractivity contribution in [3.8, 4) is 11.5 Å². The van der Waals surface area contributed by atoms with Gasteiger partial charge in [0.1, 0.15) is 0 Å². The number of pyridine rings is 1. The Labute approximate surface area is 130 Å². The predicted octanol–water partition coefficient (Wildman–Crippen LogP) is 3.09. The van der Waals surface area contributed by atoms with Gasteiger partial charge < -0.3 is 9.47 Å². The molecule has 1 atom stereocenters. The summed E-state index contributed by atoms with van der Waals surface area (Å²) in [6.07, 6.45) is 3.44. The van der Waals surface area contributed by atoms with E-state index in [9.17, 15) is 4.79 Å². The molecule has 0 radical (unpaired) electrons. The minimum absolute atomic E-state index is 0.0427. The molecule has 0 saturated heterocycles. The molecular weight excluding hydrogens is 278 g/mol. The van der Waals surface area contributed by atoms with Gasteiger partial charge in [-0.1, -0.05) is 12.1 Å². The van der Waals surface area contributed by atoms with E-state index >= 15 is 0 Å². The maximum absolute atomic E-state index is 11.3. The topological polar surface area (TPSA) is 48.4 Å². The van der Waals surface area contributed by atoms with Gasteiger partial charge in [-0.25, -0.2) is 0 Å². The summed E-state index contributed by atoms with van der Waals surface area (Å²) in [5.41, 5.74) is 2.82. The van der Waals surface area contributed by atoms with Crippen molar-refractivity contribution in [3.63, 3.8) is 0 Å². The Morgan fingerprint density at radius 3 is 2.91 bits per heavy atom. The molecule has 3 rings (SSSR count). The minimum Gasteiger partial charge on any atom is -0.493 e. The van der Waals surface area contributed by atoms with Crippen LogP contribution in [0.5, 0.6) is 11.5 Å². The third kappa shape index (κ3) is 2.96. The third-order valence-electron chi connectivity index (χ3n) is 3.98. The number of carbonyl (C=O) groups excluding carboxylic acids is 1. The summed E-state index contributed by atoms with van der Waals surface area (Å²) >= 11 is 0. The van der Waals surface area contributed by atoms with Gasteiger partial charge in [0.05, 0.1) is 13.7 Å². The van der Waals surface area contributed by atoms with E-state index < -0.39 is 0 Å². The lowest BCUT2D eigenvalue weighted by molar-refractivity contribution is 0.101. The number of hydrogen-bond acceptors (Lipinski definition) is 4. The van der Waals surface area contributed by atoms with Crippen LogP contribution in [0.2, 0.25) is 0 Å². The van der Waals surface area contributed by atoms with Crippen molar-refractivity contribution < 1.29 is 14.3 Å². The van der Waals surface area contributed by atoms with Gasteiger partial charge in [0.2, 0.25) is 0 Å². The van der Waals surface area contributed by atoms with E-state index in [-0.39, 0.29) is 5.78 Å². The highest BCUT2D eigenvalue weighted by molar-refractivity contribution is 5.93. The standard InChI is InChI=1S/C18H19NO3/c1-12(20)15-6-7-16(19-10-15)9-13-8-14-4-3-5-17(21-2)18(14)22-11-13/h3-7,10,13H,8-9,11H2,1-2H3. The predicted molar refractivity (Wildman–Crippen MR) is 83.6 cm³/mol. The van der Waals surface area contributed by atoms with E-state index in [1.54, 1.807) is 20.2 Å². The highest BCUT2D eigenvalue weighted by Crippen LogP contribution is 2.36. The summed E-state index contributed by atoms with van der Waals surface area (Å²) in [5.74, 6) is 2.08. The lowest BCUT2D eigenvalue weighted by Gasteiger charge is -2.26. The highest BCUT2D eigenvalue weighted by Gasteiger charge is 2.23. The molecule has 1 unspecified atom stereocenters. The van der Waals surface area contributed by atoms with Crippen LogP contribution in [0.3, 0.4) is 0 Å². The van der Waals surface area contributed by atoms with E-state index in [0.29, 0.717) is 18.1 Å². The van der Waals surface area contributed by atoms with Crippen molar-refractivity contribution in [2.45, 2.75) is 19.8 Å². The van der Waals surface area contributed by atoms with Crippen molar-refractivity contribution in [1.82, 2.24) is 4.98 Å². The van der Waals surface area contributed by atoms with E-state index in [1.165, 1.54) is 5.56 Å². The number of hydrogen-bond donors (Lipinski definition) is 0. The Morgan fingerprint density at radius 1 is 1.36 bits per heavy atom. The Bertz CT molecular complexity index is 679. The lowest BCUT2D eigenvalue weighted by atomic mass is 9.92. The molecule has 0 saturated carbocycles. The zero-order valence-electron chi connectivity index (χ0n) is 12.8. The van der Waals surface area contributed by atoms with Crippen LogP contribution in [-0.2, 0) is 12.8 Å². The lowest BCUT2D eigenvalue weighted by Crippen LogP contribution is -2.23. The Balaban J connectivity index is 1.71. The van der Waals surface area contributed by atoms with Gasteiger partial charge in [-0.3, -0.25) is 9.78 Å². The zero-order valence-corrected chi connectivity index (χ0v) is 12.8. The second-order valence-electron chi connectivity index (χ2n) is 5.63. The molecule has 4 nitrogen and oxygen atoms in total. The molecule has 0 N–H and O–H groups in total. The first-order valence-electron chi connectivity index (χ1n) is 7.42. The molecule has 0 aliphatic carbocycles. The summed E-state index contributed by atoms with van der Waals surface area (Å²) in [6.45, 7) is 2.21. The SMILES string of the molecule is COc1cccc2c1OCC(Cc1ccc(C(C)=O)cn1)C2. The van der Waals surface area contributed by atoms with E-state index in [0.717, 1.165) is 30.0 Å². The number of rotatable bonds is 4. The van der Waals surface area contributed by atoms with Crippen molar-refractivity contribution in [2.75, 3.05) is 13.7 Å².